The zero-order valence-corrected chi connectivity index (χ0v) is 24.5. The molecule has 0 saturated heterocycles. The van der Waals surface area contributed by atoms with Gasteiger partial charge in [-0.3, -0.25) is 0 Å². The van der Waals surface area contributed by atoms with Crippen LogP contribution in [0.3, 0.4) is 0 Å². The zero-order chi connectivity index (χ0) is 28.9. The van der Waals surface area contributed by atoms with E-state index in [0.717, 1.165) is 39.4 Å². The van der Waals surface area contributed by atoms with Gasteiger partial charge < -0.3 is 18.5 Å². The Morgan fingerprint density at radius 2 is 1.78 bits per heavy atom. The Morgan fingerprint density at radius 1 is 1.02 bits per heavy atom. The maximum atomic E-state index is 13.1. The first-order valence-electron chi connectivity index (χ1n) is 13.4. The second kappa shape index (κ2) is 12.5. The Bertz CT molecular complexity index is 1690. The van der Waals surface area contributed by atoms with E-state index < -0.39 is 11.9 Å². The van der Waals surface area contributed by atoms with Crippen LogP contribution < -0.4 is 0 Å². The number of benzene rings is 2. The standard InChI is InChI=1S/C29H29BrN6O5/c1-4-7-12-22-31-24(28(37)39-5-2)25(29(38)40-6-3)36(22)16-17-13-14-21-20(15-17)23(30)26(41-21)18-10-8-9-11-19(18)27-32-34-35-33-27/h8-11,13-15H,4-7,12,16H2,1-3H3,(H,32,33,34,35). The van der Waals surface area contributed by atoms with Crippen molar-refractivity contribution in [3.8, 4) is 22.7 Å². The van der Waals surface area contributed by atoms with E-state index in [1.165, 1.54) is 0 Å². The van der Waals surface area contributed by atoms with Crippen molar-refractivity contribution >= 4 is 38.8 Å². The molecular weight excluding hydrogens is 592 g/mol. The monoisotopic (exact) mass is 620 g/mol. The zero-order valence-electron chi connectivity index (χ0n) is 22.9. The van der Waals surface area contributed by atoms with Gasteiger partial charge >= 0.3 is 11.9 Å². The number of esters is 2. The van der Waals surface area contributed by atoms with E-state index in [1.54, 1.807) is 18.4 Å². The summed E-state index contributed by atoms with van der Waals surface area (Å²) < 4.78 is 19.4. The lowest BCUT2D eigenvalue weighted by molar-refractivity contribution is 0.0467. The molecule has 0 bridgehead atoms. The summed E-state index contributed by atoms with van der Waals surface area (Å²) in [6.45, 7) is 6.13. The number of fused-ring (bicyclic) bond motifs is 1. The Hall–Kier alpha value is -4.32. The third-order valence-corrected chi connectivity index (χ3v) is 7.32. The molecule has 5 aromatic rings. The second-order valence-electron chi connectivity index (χ2n) is 9.21. The summed E-state index contributed by atoms with van der Waals surface area (Å²) in [6.07, 6.45) is 2.37. The second-order valence-corrected chi connectivity index (χ2v) is 10.0. The van der Waals surface area contributed by atoms with Crippen molar-refractivity contribution in [2.75, 3.05) is 13.2 Å². The molecule has 0 aliphatic heterocycles. The molecule has 0 spiro atoms. The number of nitrogens with one attached hydrogen (secondary N) is 1. The van der Waals surface area contributed by atoms with E-state index in [-0.39, 0.29) is 24.6 Å². The SMILES string of the molecule is CCCCc1nc(C(=O)OCC)c(C(=O)OCC)n1Cc1ccc2oc(-c3ccccc3-c3nn[nH]n3)c(Br)c2c1. The van der Waals surface area contributed by atoms with Gasteiger partial charge in [-0.05, 0) is 59.1 Å². The van der Waals surface area contributed by atoms with Gasteiger partial charge in [0.25, 0.3) is 0 Å². The molecule has 0 unspecified atom stereocenters. The number of imidazole rings is 1. The lowest BCUT2D eigenvalue weighted by atomic mass is 10.0. The highest BCUT2D eigenvalue weighted by Gasteiger charge is 2.29. The number of furan rings is 1. The summed E-state index contributed by atoms with van der Waals surface area (Å²) in [6, 6.07) is 13.5. The Labute approximate surface area is 244 Å². The molecular formula is C29H29BrN6O5. The Morgan fingerprint density at radius 3 is 2.49 bits per heavy atom. The lowest BCUT2D eigenvalue weighted by Gasteiger charge is -2.12. The van der Waals surface area contributed by atoms with Crippen molar-refractivity contribution in [1.82, 2.24) is 30.2 Å². The Kier molecular flexibility index (Phi) is 8.58. The minimum atomic E-state index is -0.648. The fraction of sp³-hybridized carbons (Fsp3) is 0.310. The molecule has 1 N–H and O–H groups in total. The number of aryl methyl sites for hydroxylation is 1. The minimum Gasteiger partial charge on any atom is -0.461 e. The Balaban J connectivity index is 1.58. The number of halogens is 1. The molecule has 41 heavy (non-hydrogen) atoms. The number of carbonyl (C=O) groups excluding carboxylic acids is 2. The molecule has 3 aromatic heterocycles. The molecule has 5 rings (SSSR count). The van der Waals surface area contributed by atoms with Gasteiger partial charge in [-0.15, -0.1) is 10.2 Å². The predicted molar refractivity (Wildman–Crippen MR) is 154 cm³/mol. The average Bonchev–Trinajstić information content (AvgIpc) is 3.71. The number of tetrazole rings is 1. The number of unbranched alkanes of at least 4 members (excludes halogenated alkanes) is 1. The third kappa shape index (κ3) is 5.64. The molecule has 3 heterocycles. The quantitative estimate of drug-likeness (QED) is 0.177. The number of aromatic nitrogens is 6. The molecule has 0 amide bonds. The highest BCUT2D eigenvalue weighted by atomic mass is 79.9. The molecule has 212 valence electrons. The predicted octanol–water partition coefficient (Wildman–Crippen LogP) is 5.98. The van der Waals surface area contributed by atoms with Crippen molar-refractivity contribution in [3.05, 3.63) is 69.7 Å². The van der Waals surface area contributed by atoms with Crippen LogP contribution in [0.2, 0.25) is 0 Å². The van der Waals surface area contributed by atoms with Gasteiger partial charge in [-0.2, -0.15) is 5.21 Å². The van der Waals surface area contributed by atoms with Crippen molar-refractivity contribution in [3.63, 3.8) is 0 Å². The van der Waals surface area contributed by atoms with E-state index in [9.17, 15) is 9.59 Å². The summed E-state index contributed by atoms with van der Waals surface area (Å²) in [7, 11) is 0. The van der Waals surface area contributed by atoms with E-state index in [0.29, 0.717) is 36.0 Å². The van der Waals surface area contributed by atoms with Crippen LogP contribution in [0.5, 0.6) is 0 Å². The highest BCUT2D eigenvalue weighted by molar-refractivity contribution is 9.10. The molecule has 0 saturated carbocycles. The first-order chi connectivity index (χ1) is 20.0. The van der Waals surface area contributed by atoms with E-state index in [2.05, 4.69) is 48.5 Å². The van der Waals surface area contributed by atoms with Gasteiger partial charge in [0.15, 0.2) is 11.4 Å². The first kappa shape index (κ1) is 28.2. The van der Waals surface area contributed by atoms with E-state index >= 15 is 0 Å². The molecule has 0 aliphatic carbocycles. The van der Waals surface area contributed by atoms with Crippen LogP contribution in [-0.4, -0.2) is 55.3 Å². The molecule has 2 aromatic carbocycles. The summed E-state index contributed by atoms with van der Waals surface area (Å²) in [4.78, 5) is 30.5. The number of ether oxygens (including phenoxy) is 2. The summed E-state index contributed by atoms with van der Waals surface area (Å²) >= 11 is 3.74. The van der Waals surface area contributed by atoms with E-state index in [4.69, 9.17) is 13.9 Å². The number of carbonyl (C=O) groups is 2. The molecule has 11 nitrogen and oxygen atoms in total. The number of nitrogens with zero attached hydrogens (tertiary/aromatic N) is 5. The summed E-state index contributed by atoms with van der Waals surface area (Å²) in [5.41, 5.74) is 3.20. The van der Waals surface area contributed by atoms with Crippen LogP contribution in [0.4, 0.5) is 0 Å². The smallest absolute Gasteiger partial charge is 0.359 e. The fourth-order valence-electron chi connectivity index (χ4n) is 4.66. The van der Waals surface area contributed by atoms with Gasteiger partial charge in [-0.25, -0.2) is 14.6 Å². The van der Waals surface area contributed by atoms with Gasteiger partial charge in [0.1, 0.15) is 17.2 Å². The van der Waals surface area contributed by atoms with Crippen LogP contribution in [-0.2, 0) is 22.4 Å². The van der Waals surface area contributed by atoms with Gasteiger partial charge in [0, 0.05) is 29.5 Å². The molecule has 0 aliphatic rings. The first-order valence-corrected chi connectivity index (χ1v) is 14.2. The van der Waals surface area contributed by atoms with Crippen molar-refractivity contribution < 1.29 is 23.5 Å². The number of aromatic amines is 1. The summed E-state index contributed by atoms with van der Waals surface area (Å²) in [5, 5.41) is 15.3. The fourth-order valence-corrected chi connectivity index (χ4v) is 5.27. The maximum Gasteiger partial charge on any atom is 0.359 e. The molecule has 12 heteroatoms. The number of rotatable bonds is 11. The summed E-state index contributed by atoms with van der Waals surface area (Å²) in [5.74, 6) is 0.443. The van der Waals surface area contributed by atoms with Crippen molar-refractivity contribution in [2.45, 2.75) is 46.6 Å². The lowest BCUT2D eigenvalue weighted by Crippen LogP contribution is -2.19. The van der Waals surface area contributed by atoms with Crippen LogP contribution in [0.25, 0.3) is 33.7 Å². The number of hydrogen-bond donors (Lipinski definition) is 1. The topological polar surface area (TPSA) is 138 Å². The number of H-pyrrole nitrogens is 1. The average molecular weight is 621 g/mol. The molecule has 0 radical (unpaired) electrons. The number of hydrogen-bond acceptors (Lipinski definition) is 9. The molecule has 0 atom stereocenters. The van der Waals surface area contributed by atoms with Gasteiger partial charge in [0.05, 0.1) is 17.7 Å². The van der Waals surface area contributed by atoms with E-state index in [1.807, 2.05) is 42.5 Å². The maximum absolute atomic E-state index is 13.1. The van der Waals surface area contributed by atoms with Crippen LogP contribution in [0.1, 0.15) is 66.0 Å². The van der Waals surface area contributed by atoms with Crippen molar-refractivity contribution in [1.29, 1.82) is 0 Å². The molecule has 0 fully saturated rings. The minimum absolute atomic E-state index is 0.0256. The van der Waals surface area contributed by atoms with Gasteiger partial charge in [0.2, 0.25) is 5.82 Å². The normalized spacial score (nSPS) is 11.2. The van der Waals surface area contributed by atoms with Crippen LogP contribution in [0.15, 0.2) is 51.4 Å². The third-order valence-electron chi connectivity index (χ3n) is 6.53. The largest absolute Gasteiger partial charge is 0.461 e. The van der Waals surface area contributed by atoms with Gasteiger partial charge in [-0.1, -0.05) is 43.7 Å². The van der Waals surface area contributed by atoms with Crippen LogP contribution >= 0.6 is 15.9 Å². The van der Waals surface area contributed by atoms with Crippen LogP contribution in [0, 0.1) is 0 Å². The highest BCUT2D eigenvalue weighted by Crippen LogP contribution is 2.41. The van der Waals surface area contributed by atoms with Crippen molar-refractivity contribution in [2.24, 2.45) is 0 Å².